The van der Waals surface area contributed by atoms with Crippen LogP contribution in [0, 0.1) is 11.8 Å². The first-order chi connectivity index (χ1) is 6.63. The van der Waals surface area contributed by atoms with Gasteiger partial charge in [0.25, 0.3) is 0 Å². The van der Waals surface area contributed by atoms with Crippen LogP contribution in [0.4, 0.5) is 0 Å². The summed E-state index contributed by atoms with van der Waals surface area (Å²) in [4.78, 5) is 0. The molecule has 1 N–H and O–H groups in total. The van der Waals surface area contributed by atoms with Gasteiger partial charge in [-0.3, -0.25) is 0 Å². The topological polar surface area (TPSA) is 12.0 Å². The van der Waals surface area contributed by atoms with E-state index in [1.54, 1.807) is 0 Å². The van der Waals surface area contributed by atoms with E-state index in [2.05, 4.69) is 33.0 Å². The molecule has 0 unspecified atom stereocenters. The molecule has 0 spiro atoms. The van der Waals surface area contributed by atoms with Crippen molar-refractivity contribution in [3.8, 4) is 0 Å². The minimum Gasteiger partial charge on any atom is -0.317 e. The van der Waals surface area contributed by atoms with Crippen LogP contribution in [0.3, 0.4) is 0 Å². The van der Waals surface area contributed by atoms with Crippen molar-refractivity contribution < 1.29 is 0 Å². The molecule has 15 heavy (non-hydrogen) atoms. The Balaban J connectivity index is 0. The lowest BCUT2D eigenvalue weighted by molar-refractivity contribution is 0.499. The molecule has 0 rings (SSSR count). The van der Waals surface area contributed by atoms with Crippen molar-refractivity contribution in [2.45, 2.75) is 67.2 Å². The van der Waals surface area contributed by atoms with Gasteiger partial charge in [-0.1, -0.05) is 54.4 Å². The van der Waals surface area contributed by atoms with Crippen LogP contribution < -0.4 is 5.32 Å². The largest absolute Gasteiger partial charge is 0.317 e. The van der Waals surface area contributed by atoms with Gasteiger partial charge in [0.05, 0.1) is 0 Å². The smallest absolute Gasteiger partial charge is 0.00465 e. The van der Waals surface area contributed by atoms with E-state index in [1.807, 2.05) is 0 Å². The van der Waals surface area contributed by atoms with Crippen LogP contribution in [0.25, 0.3) is 0 Å². The summed E-state index contributed by atoms with van der Waals surface area (Å²) >= 11 is 0. The number of rotatable bonds is 9. The summed E-state index contributed by atoms with van der Waals surface area (Å²) in [5, 5.41) is 3.50. The molecule has 1 nitrogen and oxygen atoms in total. The molecule has 0 aliphatic rings. The van der Waals surface area contributed by atoms with E-state index in [1.165, 1.54) is 45.2 Å². The van der Waals surface area contributed by atoms with Crippen LogP contribution in [-0.2, 0) is 0 Å². The highest BCUT2D eigenvalue weighted by atomic mass is 14.8. The monoisotopic (exact) mass is 215 g/mol. The van der Waals surface area contributed by atoms with Crippen molar-refractivity contribution in [3.05, 3.63) is 0 Å². The maximum atomic E-state index is 3.50. The van der Waals surface area contributed by atoms with Crippen molar-refractivity contribution in [2.75, 3.05) is 13.1 Å². The number of nitrogens with one attached hydrogen (secondary N) is 1. The van der Waals surface area contributed by atoms with Gasteiger partial charge in [-0.2, -0.15) is 0 Å². The van der Waals surface area contributed by atoms with Gasteiger partial charge in [0.1, 0.15) is 0 Å². The van der Waals surface area contributed by atoms with Crippen LogP contribution in [-0.4, -0.2) is 13.1 Å². The molecule has 0 aromatic carbocycles. The molecule has 94 valence electrons. The summed E-state index contributed by atoms with van der Waals surface area (Å²) in [5.41, 5.74) is 0. The van der Waals surface area contributed by atoms with E-state index in [4.69, 9.17) is 0 Å². The van der Waals surface area contributed by atoms with E-state index in [0.717, 1.165) is 11.8 Å². The highest BCUT2D eigenvalue weighted by Crippen LogP contribution is 2.07. The summed E-state index contributed by atoms with van der Waals surface area (Å²) in [5.74, 6) is 1.72. The van der Waals surface area contributed by atoms with E-state index in [0.29, 0.717) is 0 Å². The zero-order valence-corrected chi connectivity index (χ0v) is 10.6. The third-order valence-electron chi connectivity index (χ3n) is 2.53. The fourth-order valence-electron chi connectivity index (χ4n) is 1.50. The summed E-state index contributed by atoms with van der Waals surface area (Å²) in [6.07, 6.45) is 6.86. The average Bonchev–Trinajstić information content (AvgIpc) is 2.08. The number of unbranched alkanes of at least 4 members (excludes halogenated alkanes) is 2. The molecular weight excluding hydrogens is 182 g/mol. The SMILES string of the molecule is C.CC(C)CCCCCNCCC(C)C. The van der Waals surface area contributed by atoms with Gasteiger partial charge in [-0.25, -0.2) is 0 Å². The van der Waals surface area contributed by atoms with Crippen molar-refractivity contribution >= 4 is 0 Å². The molecule has 0 aliphatic carbocycles. The summed E-state index contributed by atoms with van der Waals surface area (Å²) in [7, 11) is 0. The van der Waals surface area contributed by atoms with Gasteiger partial charge in [0, 0.05) is 0 Å². The van der Waals surface area contributed by atoms with Crippen molar-refractivity contribution in [2.24, 2.45) is 11.8 Å². The zero-order valence-electron chi connectivity index (χ0n) is 10.6. The Morgan fingerprint density at radius 1 is 0.733 bits per heavy atom. The molecular formula is C14H33N. The van der Waals surface area contributed by atoms with Gasteiger partial charge >= 0.3 is 0 Å². The lowest BCUT2D eigenvalue weighted by Gasteiger charge is -2.07. The molecule has 0 aromatic rings. The van der Waals surface area contributed by atoms with Crippen LogP contribution in [0.5, 0.6) is 0 Å². The van der Waals surface area contributed by atoms with Crippen LogP contribution in [0.15, 0.2) is 0 Å². The van der Waals surface area contributed by atoms with Crippen molar-refractivity contribution in [1.29, 1.82) is 0 Å². The first-order valence-corrected chi connectivity index (χ1v) is 6.33. The molecule has 0 saturated carbocycles. The lowest BCUT2D eigenvalue weighted by Crippen LogP contribution is -2.18. The van der Waals surface area contributed by atoms with Crippen LogP contribution >= 0.6 is 0 Å². The second-order valence-electron chi connectivity index (χ2n) is 5.18. The molecule has 0 bridgehead atoms. The maximum absolute atomic E-state index is 3.50. The zero-order chi connectivity index (χ0) is 10.8. The van der Waals surface area contributed by atoms with Gasteiger partial charge < -0.3 is 5.32 Å². The summed E-state index contributed by atoms with van der Waals surface area (Å²) in [6, 6.07) is 0. The summed E-state index contributed by atoms with van der Waals surface area (Å²) < 4.78 is 0. The lowest BCUT2D eigenvalue weighted by atomic mass is 10.1. The normalized spacial score (nSPS) is 10.8. The average molecular weight is 215 g/mol. The van der Waals surface area contributed by atoms with E-state index >= 15 is 0 Å². The van der Waals surface area contributed by atoms with Crippen molar-refractivity contribution in [3.63, 3.8) is 0 Å². The van der Waals surface area contributed by atoms with E-state index in [-0.39, 0.29) is 7.43 Å². The third kappa shape index (κ3) is 16.6. The predicted molar refractivity (Wildman–Crippen MR) is 72.4 cm³/mol. The molecule has 0 amide bonds. The minimum atomic E-state index is 0. The quantitative estimate of drug-likeness (QED) is 0.559. The fourth-order valence-corrected chi connectivity index (χ4v) is 1.50. The Hall–Kier alpha value is -0.0400. The number of hydrogen-bond donors (Lipinski definition) is 1. The Morgan fingerprint density at radius 2 is 1.33 bits per heavy atom. The summed E-state index contributed by atoms with van der Waals surface area (Å²) in [6.45, 7) is 11.6. The minimum absolute atomic E-state index is 0. The van der Waals surface area contributed by atoms with Gasteiger partial charge in [-0.15, -0.1) is 0 Å². The molecule has 0 heterocycles. The third-order valence-corrected chi connectivity index (χ3v) is 2.53. The Morgan fingerprint density at radius 3 is 1.87 bits per heavy atom. The second-order valence-corrected chi connectivity index (χ2v) is 5.18. The number of hydrogen-bond acceptors (Lipinski definition) is 1. The Kier molecular flexibility index (Phi) is 13.9. The fraction of sp³-hybridized carbons (Fsp3) is 1.00. The van der Waals surface area contributed by atoms with Crippen molar-refractivity contribution in [1.82, 2.24) is 5.32 Å². The van der Waals surface area contributed by atoms with Gasteiger partial charge in [0.2, 0.25) is 0 Å². The van der Waals surface area contributed by atoms with Crippen LogP contribution in [0.2, 0.25) is 0 Å². The Labute approximate surface area is 98.0 Å². The molecule has 0 atom stereocenters. The van der Waals surface area contributed by atoms with E-state index < -0.39 is 0 Å². The highest BCUT2D eigenvalue weighted by molar-refractivity contribution is 4.53. The van der Waals surface area contributed by atoms with Crippen LogP contribution in [0.1, 0.15) is 67.2 Å². The molecule has 0 aromatic heterocycles. The molecule has 0 radical (unpaired) electrons. The maximum Gasteiger partial charge on any atom is -0.00465 e. The molecule has 0 saturated heterocycles. The predicted octanol–water partition coefficient (Wildman–Crippen LogP) is 4.47. The molecule has 1 heteroatoms. The first kappa shape index (κ1) is 17.4. The van der Waals surface area contributed by atoms with Gasteiger partial charge in [-0.05, 0) is 37.8 Å². The second kappa shape index (κ2) is 12.0. The standard InChI is InChI=1S/C13H29N.CH4/c1-12(2)8-6-5-7-10-14-11-9-13(3)4;/h12-14H,5-11H2,1-4H3;1H4. The first-order valence-electron chi connectivity index (χ1n) is 6.33. The molecule has 0 fully saturated rings. The molecule has 0 aliphatic heterocycles. The van der Waals surface area contributed by atoms with E-state index in [9.17, 15) is 0 Å². The van der Waals surface area contributed by atoms with Gasteiger partial charge in [0.15, 0.2) is 0 Å². The Bertz CT molecular complexity index is 93.9. The highest BCUT2D eigenvalue weighted by Gasteiger charge is 1.95.